The monoisotopic (exact) mass is 472 g/mol. The largest absolute Gasteiger partial charge is 0.497 e. The van der Waals surface area contributed by atoms with Crippen LogP contribution in [0.3, 0.4) is 0 Å². The maximum Gasteiger partial charge on any atom is 0.246 e. The molecule has 1 fully saturated rings. The number of carbonyl (C=O) groups is 1. The number of methoxy groups -OCH3 is 1. The summed E-state index contributed by atoms with van der Waals surface area (Å²) in [7, 11) is 3.34. The molecule has 0 unspecified atom stereocenters. The molecule has 3 aromatic rings. The first-order chi connectivity index (χ1) is 15.9. The van der Waals surface area contributed by atoms with Crippen molar-refractivity contribution in [3.8, 4) is 17.1 Å². The van der Waals surface area contributed by atoms with Gasteiger partial charge in [0.1, 0.15) is 11.6 Å². The minimum Gasteiger partial charge on any atom is -0.497 e. The van der Waals surface area contributed by atoms with E-state index in [2.05, 4.69) is 15.0 Å². The molecule has 0 spiro atoms. The first-order valence-corrected chi connectivity index (χ1v) is 11.2. The number of halogens is 2. The number of amides is 1. The molecular formula is C24H26ClFN4O3. The molecule has 1 aromatic heterocycles. The third kappa shape index (κ3) is 5.69. The SMILES string of the molecule is COc1cccc(-c2noc(CN(C)C(=O)C3CCN(Cc4ccc(Cl)cc4F)CC3)n2)c1. The van der Waals surface area contributed by atoms with E-state index in [1.165, 1.54) is 6.07 Å². The highest BCUT2D eigenvalue weighted by Gasteiger charge is 2.28. The summed E-state index contributed by atoms with van der Waals surface area (Å²) in [6.07, 6.45) is 1.44. The minimum atomic E-state index is -0.298. The van der Waals surface area contributed by atoms with Gasteiger partial charge in [-0.1, -0.05) is 35.0 Å². The molecule has 2 aromatic carbocycles. The highest BCUT2D eigenvalue weighted by Crippen LogP contribution is 2.24. The van der Waals surface area contributed by atoms with Crippen LogP contribution in [0, 0.1) is 11.7 Å². The molecule has 0 radical (unpaired) electrons. The molecule has 1 amide bonds. The van der Waals surface area contributed by atoms with E-state index in [4.69, 9.17) is 20.9 Å². The van der Waals surface area contributed by atoms with Gasteiger partial charge in [-0.3, -0.25) is 9.69 Å². The molecular weight excluding hydrogens is 447 g/mol. The van der Waals surface area contributed by atoms with Gasteiger partial charge in [-0.25, -0.2) is 4.39 Å². The summed E-state index contributed by atoms with van der Waals surface area (Å²) >= 11 is 5.83. The number of piperidine rings is 1. The Labute approximate surface area is 197 Å². The molecule has 4 rings (SSSR count). The number of hydrogen-bond acceptors (Lipinski definition) is 6. The lowest BCUT2D eigenvalue weighted by atomic mass is 9.95. The van der Waals surface area contributed by atoms with Crippen molar-refractivity contribution >= 4 is 17.5 Å². The first kappa shape index (κ1) is 23.2. The maximum absolute atomic E-state index is 14.1. The van der Waals surface area contributed by atoms with Crippen molar-refractivity contribution in [3.05, 3.63) is 64.8 Å². The van der Waals surface area contributed by atoms with Crippen LogP contribution in [0.1, 0.15) is 24.3 Å². The van der Waals surface area contributed by atoms with Gasteiger partial charge in [0.2, 0.25) is 17.6 Å². The second kappa shape index (κ2) is 10.3. The standard InChI is InChI=1S/C24H26ClFN4O3/c1-29(15-22-27-23(28-33-22)17-4-3-5-20(12-17)32-2)24(31)16-8-10-30(11-9-16)14-18-6-7-19(25)13-21(18)26/h3-7,12-13,16H,8-11,14-15H2,1-2H3. The zero-order valence-electron chi connectivity index (χ0n) is 18.6. The number of aromatic nitrogens is 2. The highest BCUT2D eigenvalue weighted by atomic mass is 35.5. The molecule has 0 saturated carbocycles. The molecule has 0 N–H and O–H groups in total. The van der Waals surface area contributed by atoms with E-state index < -0.39 is 0 Å². The van der Waals surface area contributed by atoms with Crippen molar-refractivity contribution in [2.75, 3.05) is 27.2 Å². The molecule has 0 bridgehead atoms. The molecule has 9 heteroatoms. The summed E-state index contributed by atoms with van der Waals surface area (Å²) in [5.41, 5.74) is 1.40. The fourth-order valence-corrected chi connectivity index (χ4v) is 4.18. The summed E-state index contributed by atoms with van der Waals surface area (Å²) in [6, 6.07) is 12.1. The van der Waals surface area contributed by atoms with Crippen LogP contribution in [0.4, 0.5) is 4.39 Å². The molecule has 174 valence electrons. The lowest BCUT2D eigenvalue weighted by Crippen LogP contribution is -2.40. The number of likely N-dealkylation sites (tertiary alicyclic amines) is 1. The number of hydrogen-bond donors (Lipinski definition) is 0. The smallest absolute Gasteiger partial charge is 0.246 e. The zero-order chi connectivity index (χ0) is 23.4. The Balaban J connectivity index is 1.30. The normalized spacial score (nSPS) is 14.9. The number of nitrogens with zero attached hydrogens (tertiary/aromatic N) is 4. The summed E-state index contributed by atoms with van der Waals surface area (Å²) in [5.74, 6) is 1.20. The Morgan fingerprint density at radius 2 is 2.06 bits per heavy atom. The van der Waals surface area contributed by atoms with E-state index in [1.54, 1.807) is 31.2 Å². The fraction of sp³-hybridized carbons (Fsp3) is 0.375. The van der Waals surface area contributed by atoms with Gasteiger partial charge >= 0.3 is 0 Å². The van der Waals surface area contributed by atoms with Crippen molar-refractivity contribution in [2.24, 2.45) is 5.92 Å². The zero-order valence-corrected chi connectivity index (χ0v) is 19.4. The van der Waals surface area contributed by atoms with Gasteiger partial charge in [0.15, 0.2) is 0 Å². The van der Waals surface area contributed by atoms with E-state index in [-0.39, 0.29) is 24.2 Å². The van der Waals surface area contributed by atoms with Gasteiger partial charge in [0.05, 0.1) is 13.7 Å². The molecule has 2 heterocycles. The summed E-state index contributed by atoms with van der Waals surface area (Å²) < 4.78 is 24.7. The molecule has 0 atom stereocenters. The van der Waals surface area contributed by atoms with Crippen LogP contribution in [-0.2, 0) is 17.9 Å². The predicted molar refractivity (Wildman–Crippen MR) is 122 cm³/mol. The minimum absolute atomic E-state index is 0.0495. The average molecular weight is 473 g/mol. The summed E-state index contributed by atoms with van der Waals surface area (Å²) in [6.45, 7) is 2.21. The predicted octanol–water partition coefficient (Wildman–Crippen LogP) is 4.41. The Bertz CT molecular complexity index is 1110. The van der Waals surface area contributed by atoms with Crippen LogP contribution < -0.4 is 4.74 Å². The summed E-state index contributed by atoms with van der Waals surface area (Å²) in [4.78, 5) is 21.2. The van der Waals surface area contributed by atoms with Crippen molar-refractivity contribution in [1.29, 1.82) is 0 Å². The van der Waals surface area contributed by atoms with Gasteiger partial charge < -0.3 is 14.2 Å². The van der Waals surface area contributed by atoms with Gasteiger partial charge in [0, 0.05) is 35.7 Å². The Morgan fingerprint density at radius 1 is 1.27 bits per heavy atom. The second-order valence-corrected chi connectivity index (χ2v) is 8.66. The lowest BCUT2D eigenvalue weighted by molar-refractivity contribution is -0.136. The van der Waals surface area contributed by atoms with Crippen LogP contribution in [0.2, 0.25) is 5.02 Å². The number of benzene rings is 2. The second-order valence-electron chi connectivity index (χ2n) is 8.22. The average Bonchev–Trinajstić information content (AvgIpc) is 3.29. The number of rotatable bonds is 7. The molecule has 0 aliphatic carbocycles. The lowest BCUT2D eigenvalue weighted by Gasteiger charge is -2.33. The summed E-state index contributed by atoms with van der Waals surface area (Å²) in [5, 5.41) is 4.41. The van der Waals surface area contributed by atoms with Gasteiger partial charge in [-0.15, -0.1) is 0 Å². The molecule has 1 aliphatic heterocycles. The van der Waals surface area contributed by atoms with Crippen molar-refractivity contribution in [1.82, 2.24) is 19.9 Å². The van der Waals surface area contributed by atoms with Crippen LogP contribution in [0.15, 0.2) is 47.0 Å². The molecule has 1 saturated heterocycles. The molecule has 33 heavy (non-hydrogen) atoms. The van der Waals surface area contributed by atoms with Gasteiger partial charge in [0.25, 0.3) is 0 Å². The fourth-order valence-electron chi connectivity index (χ4n) is 4.02. The Morgan fingerprint density at radius 3 is 2.79 bits per heavy atom. The van der Waals surface area contributed by atoms with Gasteiger partial charge in [-0.05, 0) is 50.2 Å². The van der Waals surface area contributed by atoms with E-state index in [9.17, 15) is 9.18 Å². The van der Waals surface area contributed by atoms with Crippen LogP contribution >= 0.6 is 11.6 Å². The topological polar surface area (TPSA) is 71.7 Å². The van der Waals surface area contributed by atoms with Crippen molar-refractivity contribution < 1.29 is 18.4 Å². The number of carbonyl (C=O) groups excluding carboxylic acids is 1. The van der Waals surface area contributed by atoms with Crippen LogP contribution in [0.25, 0.3) is 11.4 Å². The van der Waals surface area contributed by atoms with Gasteiger partial charge in [-0.2, -0.15) is 4.98 Å². The Hall–Kier alpha value is -2.97. The highest BCUT2D eigenvalue weighted by molar-refractivity contribution is 6.30. The van der Waals surface area contributed by atoms with Crippen LogP contribution in [-0.4, -0.2) is 53.1 Å². The van der Waals surface area contributed by atoms with E-state index >= 15 is 0 Å². The third-order valence-corrected chi connectivity index (χ3v) is 6.13. The third-order valence-electron chi connectivity index (χ3n) is 5.89. The van der Waals surface area contributed by atoms with Crippen molar-refractivity contribution in [3.63, 3.8) is 0 Å². The molecule has 7 nitrogen and oxygen atoms in total. The van der Waals surface area contributed by atoms with Crippen molar-refractivity contribution in [2.45, 2.75) is 25.9 Å². The maximum atomic E-state index is 14.1. The Kier molecular flexibility index (Phi) is 7.25. The van der Waals surface area contributed by atoms with E-state index in [1.807, 2.05) is 24.3 Å². The van der Waals surface area contributed by atoms with E-state index in [0.717, 1.165) is 31.5 Å². The number of ether oxygens (including phenoxy) is 1. The quantitative estimate of drug-likeness (QED) is 0.507. The first-order valence-electron chi connectivity index (χ1n) is 10.8. The van der Waals surface area contributed by atoms with Crippen LogP contribution in [0.5, 0.6) is 5.75 Å². The molecule has 1 aliphatic rings. The van der Waals surface area contributed by atoms with E-state index in [0.29, 0.717) is 34.6 Å².